The highest BCUT2D eigenvalue weighted by Gasteiger charge is 1.95. The molecule has 0 aliphatic rings. The number of hydrogen-bond acceptors (Lipinski definition) is 4. The molecule has 15 heavy (non-hydrogen) atoms. The molecular formula is C10H10N2O3. The summed E-state index contributed by atoms with van der Waals surface area (Å²) in [6.07, 6.45) is 1.44. The number of rotatable bonds is 1. The highest BCUT2D eigenvalue weighted by atomic mass is 16.5. The van der Waals surface area contributed by atoms with Crippen LogP contribution in [0, 0.1) is 11.8 Å². The van der Waals surface area contributed by atoms with Gasteiger partial charge < -0.3 is 15.5 Å². The average molecular weight is 206 g/mol. The number of esters is 1. The Bertz CT molecular complexity index is 479. The number of methoxy groups -OCH3 is 1. The van der Waals surface area contributed by atoms with E-state index in [1.165, 1.54) is 19.4 Å². The lowest BCUT2D eigenvalue weighted by molar-refractivity contribution is -0.139. The molecule has 0 bridgehead atoms. The highest BCUT2D eigenvalue weighted by molar-refractivity contribution is 5.72. The van der Waals surface area contributed by atoms with Crippen LogP contribution in [0.2, 0.25) is 0 Å². The molecule has 1 rings (SSSR count). The van der Waals surface area contributed by atoms with Crippen LogP contribution in [0.15, 0.2) is 17.1 Å². The molecule has 0 amide bonds. The molecular weight excluding hydrogens is 196 g/mol. The van der Waals surface area contributed by atoms with Crippen LogP contribution in [0.25, 0.3) is 0 Å². The third-order valence-corrected chi connectivity index (χ3v) is 1.63. The fourth-order valence-corrected chi connectivity index (χ4v) is 0.864. The highest BCUT2D eigenvalue weighted by Crippen LogP contribution is 1.97. The number of H-pyrrole nitrogens is 1. The first kappa shape index (κ1) is 10.9. The zero-order chi connectivity index (χ0) is 11.3. The molecule has 1 heterocycles. The summed E-state index contributed by atoms with van der Waals surface area (Å²) in [5.41, 5.74) is 5.67. The molecule has 0 atom stereocenters. The Morgan fingerprint density at radius 3 is 3.00 bits per heavy atom. The number of nitrogen functional groups attached to an aromatic ring is 1. The summed E-state index contributed by atoms with van der Waals surface area (Å²) >= 11 is 0. The van der Waals surface area contributed by atoms with Gasteiger partial charge in [-0.3, -0.25) is 9.59 Å². The summed E-state index contributed by atoms with van der Waals surface area (Å²) in [5.74, 6) is 4.87. The Morgan fingerprint density at radius 1 is 1.67 bits per heavy atom. The van der Waals surface area contributed by atoms with E-state index in [4.69, 9.17) is 5.73 Å². The number of aromatic amines is 1. The van der Waals surface area contributed by atoms with Gasteiger partial charge in [0.15, 0.2) is 0 Å². The predicted molar refractivity (Wildman–Crippen MR) is 55.0 cm³/mol. The minimum absolute atomic E-state index is 0.00946. The monoisotopic (exact) mass is 206 g/mol. The van der Waals surface area contributed by atoms with Gasteiger partial charge in [0.1, 0.15) is 6.42 Å². The Hall–Kier alpha value is -2.22. The summed E-state index contributed by atoms with van der Waals surface area (Å²) in [6, 6.07) is 1.45. The Kier molecular flexibility index (Phi) is 3.52. The summed E-state index contributed by atoms with van der Waals surface area (Å²) in [7, 11) is 1.29. The van der Waals surface area contributed by atoms with Crippen molar-refractivity contribution in [2.75, 3.05) is 12.8 Å². The molecule has 0 aliphatic heterocycles. The molecule has 0 spiro atoms. The normalized spacial score (nSPS) is 8.87. The number of ether oxygens (including phenoxy) is 1. The van der Waals surface area contributed by atoms with Crippen molar-refractivity contribution in [1.82, 2.24) is 4.98 Å². The van der Waals surface area contributed by atoms with Crippen LogP contribution in [0.4, 0.5) is 5.69 Å². The molecule has 0 saturated heterocycles. The maximum atomic E-state index is 10.9. The van der Waals surface area contributed by atoms with Crippen molar-refractivity contribution in [2.24, 2.45) is 0 Å². The smallest absolute Gasteiger partial charge is 0.317 e. The van der Waals surface area contributed by atoms with Crippen molar-refractivity contribution in [3.63, 3.8) is 0 Å². The van der Waals surface area contributed by atoms with Crippen molar-refractivity contribution >= 4 is 11.7 Å². The lowest BCUT2D eigenvalue weighted by atomic mass is 10.2. The topological polar surface area (TPSA) is 85.2 Å². The molecule has 5 nitrogen and oxygen atoms in total. The molecule has 1 aromatic heterocycles. The van der Waals surface area contributed by atoms with Crippen LogP contribution in [0.5, 0.6) is 0 Å². The van der Waals surface area contributed by atoms with Gasteiger partial charge in [-0.25, -0.2) is 0 Å². The van der Waals surface area contributed by atoms with Crippen molar-refractivity contribution in [2.45, 2.75) is 6.42 Å². The number of carbonyl (C=O) groups is 1. The van der Waals surface area contributed by atoms with E-state index in [2.05, 4.69) is 21.6 Å². The standard InChI is InChI=1S/C10H10N2O3/c1-15-9(13)4-2-3-7-5-8(11)10(14)12-6-7/h5-6H,4,11H2,1H3,(H,12,14). The van der Waals surface area contributed by atoms with E-state index in [0.717, 1.165) is 0 Å². The maximum Gasteiger partial charge on any atom is 0.317 e. The van der Waals surface area contributed by atoms with Crippen LogP contribution >= 0.6 is 0 Å². The molecule has 3 N–H and O–H groups in total. The van der Waals surface area contributed by atoms with Crippen molar-refractivity contribution < 1.29 is 9.53 Å². The minimum Gasteiger partial charge on any atom is -0.468 e. The zero-order valence-corrected chi connectivity index (χ0v) is 8.16. The first-order chi connectivity index (χ1) is 7.13. The maximum absolute atomic E-state index is 10.9. The van der Waals surface area contributed by atoms with E-state index < -0.39 is 5.97 Å². The van der Waals surface area contributed by atoms with E-state index in [1.54, 1.807) is 0 Å². The summed E-state index contributed by atoms with van der Waals surface area (Å²) < 4.78 is 4.41. The van der Waals surface area contributed by atoms with Crippen LogP contribution in [0.3, 0.4) is 0 Å². The van der Waals surface area contributed by atoms with Crippen molar-refractivity contribution in [3.05, 3.63) is 28.2 Å². The van der Waals surface area contributed by atoms with Gasteiger partial charge >= 0.3 is 5.97 Å². The Morgan fingerprint density at radius 2 is 2.40 bits per heavy atom. The predicted octanol–water partition coefficient (Wildman–Crippen LogP) is -0.128. The van der Waals surface area contributed by atoms with Crippen molar-refractivity contribution in [3.8, 4) is 11.8 Å². The molecule has 0 aromatic carbocycles. The molecule has 0 unspecified atom stereocenters. The zero-order valence-electron chi connectivity index (χ0n) is 8.16. The number of carbonyl (C=O) groups excluding carboxylic acids is 1. The summed E-state index contributed by atoms with van der Waals surface area (Å²) in [6.45, 7) is 0. The fraction of sp³-hybridized carbons (Fsp3) is 0.200. The van der Waals surface area contributed by atoms with Gasteiger partial charge in [-0.15, -0.1) is 0 Å². The van der Waals surface area contributed by atoms with Gasteiger partial charge in [-0.05, 0) is 6.07 Å². The fourth-order valence-electron chi connectivity index (χ4n) is 0.864. The van der Waals surface area contributed by atoms with Gasteiger partial charge in [-0.2, -0.15) is 0 Å². The number of aromatic nitrogens is 1. The van der Waals surface area contributed by atoms with Crippen LogP contribution in [0.1, 0.15) is 12.0 Å². The first-order valence-corrected chi connectivity index (χ1v) is 4.17. The average Bonchev–Trinajstić information content (AvgIpc) is 2.23. The lowest BCUT2D eigenvalue weighted by Crippen LogP contribution is -2.10. The van der Waals surface area contributed by atoms with Crippen LogP contribution < -0.4 is 11.3 Å². The quantitative estimate of drug-likeness (QED) is 0.495. The molecule has 1 aromatic rings. The third-order valence-electron chi connectivity index (χ3n) is 1.63. The van der Waals surface area contributed by atoms with E-state index in [0.29, 0.717) is 5.56 Å². The van der Waals surface area contributed by atoms with E-state index >= 15 is 0 Å². The van der Waals surface area contributed by atoms with Crippen LogP contribution in [-0.2, 0) is 9.53 Å². The van der Waals surface area contributed by atoms with E-state index in [-0.39, 0.29) is 17.7 Å². The van der Waals surface area contributed by atoms with Gasteiger partial charge in [0.05, 0.1) is 12.8 Å². The minimum atomic E-state index is -0.403. The Labute approximate surface area is 86.3 Å². The van der Waals surface area contributed by atoms with Gasteiger partial charge in [0, 0.05) is 11.8 Å². The number of hydrogen-bond donors (Lipinski definition) is 2. The number of nitrogens with two attached hydrogens (primary N) is 1. The molecule has 5 heteroatoms. The molecule has 78 valence electrons. The molecule has 0 saturated carbocycles. The third kappa shape index (κ3) is 3.19. The second-order valence-corrected chi connectivity index (χ2v) is 2.73. The second-order valence-electron chi connectivity index (χ2n) is 2.73. The first-order valence-electron chi connectivity index (χ1n) is 4.17. The number of anilines is 1. The molecule has 0 aliphatic carbocycles. The van der Waals surface area contributed by atoms with E-state index in [9.17, 15) is 9.59 Å². The molecule has 0 fully saturated rings. The number of pyridine rings is 1. The second kappa shape index (κ2) is 4.86. The van der Waals surface area contributed by atoms with Crippen molar-refractivity contribution in [1.29, 1.82) is 0 Å². The van der Waals surface area contributed by atoms with Gasteiger partial charge in [0.25, 0.3) is 5.56 Å². The lowest BCUT2D eigenvalue weighted by Gasteiger charge is -1.92. The van der Waals surface area contributed by atoms with Gasteiger partial charge in [-0.1, -0.05) is 11.8 Å². The molecule has 0 radical (unpaired) electrons. The Balaban J connectivity index is 2.77. The number of nitrogens with one attached hydrogen (secondary N) is 1. The largest absolute Gasteiger partial charge is 0.468 e. The van der Waals surface area contributed by atoms with E-state index in [1.807, 2.05) is 0 Å². The van der Waals surface area contributed by atoms with Crippen LogP contribution in [-0.4, -0.2) is 18.1 Å². The van der Waals surface area contributed by atoms with Gasteiger partial charge in [0.2, 0.25) is 0 Å². The SMILES string of the molecule is COC(=O)CC#Cc1c[nH]c(=O)c(N)c1. The summed E-state index contributed by atoms with van der Waals surface area (Å²) in [5, 5.41) is 0. The summed E-state index contributed by atoms with van der Waals surface area (Å²) in [4.78, 5) is 24.0.